The van der Waals surface area contributed by atoms with Gasteiger partial charge < -0.3 is 16.0 Å². The summed E-state index contributed by atoms with van der Waals surface area (Å²) in [6.45, 7) is 6.29. The molecule has 2 aliphatic rings. The van der Waals surface area contributed by atoms with Gasteiger partial charge in [0.1, 0.15) is 0 Å². The van der Waals surface area contributed by atoms with Crippen LogP contribution in [0.4, 0.5) is 23.3 Å². The Morgan fingerprint density at radius 2 is 1.91 bits per heavy atom. The van der Waals surface area contributed by atoms with Crippen LogP contribution in [0.2, 0.25) is 0 Å². The molecule has 0 amide bonds. The number of nitrogen functional groups attached to an aromatic ring is 1. The summed E-state index contributed by atoms with van der Waals surface area (Å²) in [6, 6.07) is 8.75. The lowest BCUT2D eigenvalue weighted by atomic mass is 10.1. The zero-order chi connectivity index (χ0) is 22.5. The summed E-state index contributed by atoms with van der Waals surface area (Å²) in [7, 11) is 0. The van der Waals surface area contributed by atoms with E-state index >= 15 is 0 Å². The van der Waals surface area contributed by atoms with E-state index in [1.807, 2.05) is 11.8 Å². The van der Waals surface area contributed by atoms with Gasteiger partial charge in [0, 0.05) is 25.7 Å². The lowest BCUT2D eigenvalue weighted by molar-refractivity contribution is -0.383. The van der Waals surface area contributed by atoms with Crippen LogP contribution in [-0.4, -0.2) is 45.5 Å². The van der Waals surface area contributed by atoms with Crippen LogP contribution in [0.1, 0.15) is 56.6 Å². The van der Waals surface area contributed by atoms with Gasteiger partial charge >= 0.3 is 5.69 Å². The quantitative estimate of drug-likeness (QED) is 0.446. The molecular formula is C23H33N7O2. The highest BCUT2D eigenvalue weighted by Crippen LogP contribution is 2.33. The summed E-state index contributed by atoms with van der Waals surface area (Å²) in [5, 5.41) is 15.1. The molecule has 0 atom stereocenters. The molecule has 0 radical (unpaired) electrons. The van der Waals surface area contributed by atoms with Crippen molar-refractivity contribution in [3.8, 4) is 0 Å². The van der Waals surface area contributed by atoms with Crippen molar-refractivity contribution in [3.05, 3.63) is 45.5 Å². The molecule has 2 heterocycles. The van der Waals surface area contributed by atoms with Crippen molar-refractivity contribution in [2.45, 2.75) is 64.6 Å². The largest absolute Gasteiger partial charge is 0.378 e. The van der Waals surface area contributed by atoms with Crippen molar-refractivity contribution in [3.63, 3.8) is 0 Å². The predicted octanol–water partition coefficient (Wildman–Crippen LogP) is 3.94. The van der Waals surface area contributed by atoms with Crippen molar-refractivity contribution in [2.24, 2.45) is 0 Å². The van der Waals surface area contributed by atoms with E-state index in [4.69, 9.17) is 5.73 Å². The van der Waals surface area contributed by atoms with Crippen molar-refractivity contribution in [1.29, 1.82) is 0 Å². The molecule has 32 heavy (non-hydrogen) atoms. The first-order valence-corrected chi connectivity index (χ1v) is 11.7. The van der Waals surface area contributed by atoms with E-state index in [1.54, 1.807) is 0 Å². The highest BCUT2D eigenvalue weighted by Gasteiger charge is 2.28. The smallest absolute Gasteiger partial charge is 0.353 e. The van der Waals surface area contributed by atoms with Crippen molar-refractivity contribution < 1.29 is 4.92 Å². The second-order valence-corrected chi connectivity index (χ2v) is 8.80. The maximum Gasteiger partial charge on any atom is 0.353 e. The number of nitrogens with one attached hydrogen (secondary N) is 1. The summed E-state index contributed by atoms with van der Waals surface area (Å²) in [5.41, 5.74) is 8.17. The van der Waals surface area contributed by atoms with Gasteiger partial charge in [0.15, 0.2) is 0 Å². The van der Waals surface area contributed by atoms with Crippen LogP contribution >= 0.6 is 0 Å². The Hall–Kier alpha value is -2.94. The average Bonchev–Trinajstić information content (AvgIpc) is 3.46. The fraction of sp³-hybridized carbons (Fsp3) is 0.565. The first-order valence-electron chi connectivity index (χ1n) is 11.7. The minimum atomic E-state index is -0.476. The molecule has 1 saturated carbocycles. The zero-order valence-electron chi connectivity index (χ0n) is 18.8. The second kappa shape index (κ2) is 10.1. The molecule has 0 unspecified atom stereocenters. The van der Waals surface area contributed by atoms with Gasteiger partial charge in [-0.2, -0.15) is 9.97 Å². The zero-order valence-corrected chi connectivity index (χ0v) is 18.8. The van der Waals surface area contributed by atoms with Crippen molar-refractivity contribution in [2.75, 3.05) is 35.6 Å². The van der Waals surface area contributed by atoms with E-state index in [-0.39, 0.29) is 17.3 Å². The second-order valence-electron chi connectivity index (χ2n) is 8.80. The number of nitrogens with two attached hydrogens (primary N) is 1. The number of nitro groups is 1. The Morgan fingerprint density at radius 1 is 1.19 bits per heavy atom. The predicted molar refractivity (Wildman–Crippen MR) is 127 cm³/mol. The Kier molecular flexibility index (Phi) is 7.04. The number of rotatable bonds is 9. The van der Waals surface area contributed by atoms with Gasteiger partial charge in [-0.15, -0.1) is 0 Å². The Morgan fingerprint density at radius 3 is 2.59 bits per heavy atom. The molecule has 4 rings (SSSR count). The van der Waals surface area contributed by atoms with Crippen LogP contribution in [0.5, 0.6) is 0 Å². The normalized spacial score (nSPS) is 17.0. The van der Waals surface area contributed by atoms with Gasteiger partial charge in [-0.25, -0.2) is 0 Å². The van der Waals surface area contributed by atoms with Crippen LogP contribution in [0.25, 0.3) is 0 Å². The van der Waals surface area contributed by atoms with E-state index in [2.05, 4.69) is 44.5 Å². The van der Waals surface area contributed by atoms with Gasteiger partial charge in [0.2, 0.25) is 17.6 Å². The average molecular weight is 440 g/mol. The topological polar surface area (TPSA) is 113 Å². The van der Waals surface area contributed by atoms with E-state index in [0.29, 0.717) is 25.1 Å². The van der Waals surface area contributed by atoms with Gasteiger partial charge in [-0.1, -0.05) is 37.1 Å². The first-order chi connectivity index (χ1) is 15.5. The highest BCUT2D eigenvalue weighted by molar-refractivity contribution is 5.71. The van der Waals surface area contributed by atoms with Crippen LogP contribution in [0.15, 0.2) is 24.3 Å². The minimum absolute atomic E-state index is 0.0956. The molecule has 1 aliphatic heterocycles. The van der Waals surface area contributed by atoms with Gasteiger partial charge in [0.05, 0.1) is 4.92 Å². The monoisotopic (exact) mass is 439 g/mol. The summed E-state index contributed by atoms with van der Waals surface area (Å²) in [6.07, 6.45) is 6.97. The van der Waals surface area contributed by atoms with Crippen LogP contribution in [0.3, 0.4) is 0 Å². The molecule has 1 saturated heterocycles. The van der Waals surface area contributed by atoms with Gasteiger partial charge in [-0.05, 0) is 56.8 Å². The first kappa shape index (κ1) is 22.3. The molecule has 3 N–H and O–H groups in total. The molecule has 1 aliphatic carbocycles. The summed E-state index contributed by atoms with van der Waals surface area (Å²) in [4.78, 5) is 24.5. The summed E-state index contributed by atoms with van der Waals surface area (Å²) >= 11 is 0. The molecule has 0 bridgehead atoms. The molecule has 9 heteroatoms. The number of nitrogens with zero attached hydrogens (tertiary/aromatic N) is 5. The molecule has 1 aromatic heterocycles. The Bertz CT molecular complexity index is 940. The van der Waals surface area contributed by atoms with E-state index in [0.717, 1.165) is 38.0 Å². The van der Waals surface area contributed by atoms with Gasteiger partial charge in [-0.3, -0.25) is 15.0 Å². The molecular weight excluding hydrogens is 406 g/mol. The molecule has 0 spiro atoms. The van der Waals surface area contributed by atoms with Crippen molar-refractivity contribution >= 4 is 23.3 Å². The standard InChI is InChI=1S/C23H33N7O2/c1-2-29(16-18-9-7-8-17(14-18)15-28-12-5-6-13-28)22-20(30(31)32)21(24)26-23(27-22)25-19-10-3-4-11-19/h7-9,14,19H,2-6,10-13,15-16H2,1H3,(H3,24,25,26,27). The molecule has 172 valence electrons. The summed E-state index contributed by atoms with van der Waals surface area (Å²) < 4.78 is 0. The van der Waals surface area contributed by atoms with E-state index in [9.17, 15) is 10.1 Å². The number of benzene rings is 1. The van der Waals surface area contributed by atoms with Crippen LogP contribution < -0.4 is 16.0 Å². The minimum Gasteiger partial charge on any atom is -0.378 e. The SMILES string of the molecule is CCN(Cc1cccc(CN2CCCC2)c1)c1nc(NC2CCCC2)nc(N)c1[N+](=O)[O-]. The molecule has 2 fully saturated rings. The van der Waals surface area contributed by atoms with E-state index < -0.39 is 4.92 Å². The maximum absolute atomic E-state index is 11.8. The number of hydrogen-bond donors (Lipinski definition) is 2. The van der Waals surface area contributed by atoms with Gasteiger partial charge in [0.25, 0.3) is 0 Å². The highest BCUT2D eigenvalue weighted by atomic mass is 16.6. The Balaban J connectivity index is 1.58. The molecule has 2 aromatic rings. The van der Waals surface area contributed by atoms with Crippen LogP contribution in [-0.2, 0) is 13.1 Å². The summed E-state index contributed by atoms with van der Waals surface area (Å²) in [5.74, 6) is 0.549. The fourth-order valence-corrected chi connectivity index (χ4v) is 4.75. The molecule has 9 nitrogen and oxygen atoms in total. The van der Waals surface area contributed by atoms with Crippen molar-refractivity contribution in [1.82, 2.24) is 14.9 Å². The number of likely N-dealkylation sites (tertiary alicyclic amines) is 1. The molecule has 1 aromatic carbocycles. The third kappa shape index (κ3) is 5.27. The van der Waals surface area contributed by atoms with E-state index in [1.165, 1.54) is 31.2 Å². The Labute approximate surface area is 189 Å². The lowest BCUT2D eigenvalue weighted by Crippen LogP contribution is -2.26. The third-order valence-corrected chi connectivity index (χ3v) is 6.41. The number of aromatic nitrogens is 2. The fourth-order valence-electron chi connectivity index (χ4n) is 4.75. The number of hydrogen-bond acceptors (Lipinski definition) is 8. The maximum atomic E-state index is 11.8. The van der Waals surface area contributed by atoms with Crippen LogP contribution in [0, 0.1) is 10.1 Å². The lowest BCUT2D eigenvalue weighted by Gasteiger charge is -2.24. The third-order valence-electron chi connectivity index (χ3n) is 6.41. The number of anilines is 3.